The van der Waals surface area contributed by atoms with Crippen LogP contribution in [-0.2, 0) is 0 Å². The molecule has 9 aromatic rings. The molecule has 0 bridgehead atoms. The largest absolute Gasteiger partial charge is 0.456 e. The zero-order valence-corrected chi connectivity index (χ0v) is 25.1. The number of nitrogens with one attached hydrogen (secondary N) is 1. The molecule has 2 aromatic heterocycles. The molecular formula is C43H27NO2. The first kappa shape index (κ1) is 25.3. The smallest absolute Gasteiger partial charge is 0.136 e. The Kier molecular flexibility index (Phi) is 5.20. The van der Waals surface area contributed by atoms with Crippen LogP contribution in [0, 0.1) is 6.92 Å². The van der Waals surface area contributed by atoms with Gasteiger partial charge in [0, 0.05) is 44.0 Å². The summed E-state index contributed by atoms with van der Waals surface area (Å²) >= 11 is 0. The Morgan fingerprint density at radius 2 is 0.913 bits per heavy atom. The van der Waals surface area contributed by atoms with Gasteiger partial charge >= 0.3 is 0 Å². The number of furan rings is 2. The molecule has 10 rings (SSSR count). The van der Waals surface area contributed by atoms with Gasteiger partial charge in [-0.1, -0.05) is 91.0 Å². The van der Waals surface area contributed by atoms with Gasteiger partial charge in [0.15, 0.2) is 0 Å². The molecule has 0 saturated heterocycles. The molecule has 1 N–H and O–H groups in total. The van der Waals surface area contributed by atoms with E-state index in [0.29, 0.717) is 0 Å². The van der Waals surface area contributed by atoms with E-state index in [1.54, 1.807) is 0 Å². The van der Waals surface area contributed by atoms with Gasteiger partial charge in [-0.15, -0.1) is 0 Å². The van der Waals surface area contributed by atoms with E-state index in [0.717, 1.165) is 66.4 Å². The molecular weight excluding hydrogens is 562 g/mol. The average Bonchev–Trinajstić information content (AvgIpc) is 3.63. The van der Waals surface area contributed by atoms with Crippen LogP contribution in [-0.4, -0.2) is 0 Å². The van der Waals surface area contributed by atoms with Gasteiger partial charge in [-0.25, -0.2) is 0 Å². The van der Waals surface area contributed by atoms with Crippen molar-refractivity contribution in [1.29, 1.82) is 0 Å². The van der Waals surface area contributed by atoms with Gasteiger partial charge in [-0.2, -0.15) is 0 Å². The molecule has 3 nitrogen and oxygen atoms in total. The summed E-state index contributed by atoms with van der Waals surface area (Å²) in [5, 5.41) is 8.40. The van der Waals surface area contributed by atoms with Crippen LogP contribution in [0.3, 0.4) is 0 Å². The van der Waals surface area contributed by atoms with Gasteiger partial charge < -0.3 is 14.2 Å². The molecule has 1 aliphatic heterocycles. The molecule has 0 fully saturated rings. The van der Waals surface area contributed by atoms with Crippen LogP contribution in [0.5, 0.6) is 0 Å². The monoisotopic (exact) mass is 589 g/mol. The highest BCUT2D eigenvalue weighted by molar-refractivity contribution is 6.14. The number of fused-ring (bicyclic) bond motifs is 11. The fourth-order valence-corrected chi connectivity index (χ4v) is 7.50. The Morgan fingerprint density at radius 3 is 1.54 bits per heavy atom. The molecule has 7 aromatic carbocycles. The van der Waals surface area contributed by atoms with Crippen LogP contribution in [0.25, 0.3) is 88.4 Å². The van der Waals surface area contributed by atoms with E-state index in [1.807, 2.05) is 24.3 Å². The third kappa shape index (κ3) is 3.60. The zero-order chi connectivity index (χ0) is 30.4. The fraction of sp³-hybridized carbons (Fsp3) is 0.0233. The summed E-state index contributed by atoms with van der Waals surface area (Å²) < 4.78 is 12.5. The Morgan fingerprint density at radius 1 is 0.413 bits per heavy atom. The second kappa shape index (κ2) is 9.47. The zero-order valence-electron chi connectivity index (χ0n) is 25.1. The molecule has 0 spiro atoms. The molecule has 3 heteroatoms. The predicted octanol–water partition coefficient (Wildman–Crippen LogP) is 12.5. The number of para-hydroxylation sites is 2. The van der Waals surface area contributed by atoms with Crippen LogP contribution < -0.4 is 5.32 Å². The molecule has 46 heavy (non-hydrogen) atoms. The minimum atomic E-state index is 0.906. The van der Waals surface area contributed by atoms with Crippen LogP contribution in [0.15, 0.2) is 148 Å². The Labute approximate surface area is 265 Å². The quantitative estimate of drug-likeness (QED) is 0.218. The van der Waals surface area contributed by atoms with Crippen LogP contribution in [0.2, 0.25) is 0 Å². The Hall–Kier alpha value is -6.06. The van der Waals surface area contributed by atoms with E-state index in [-0.39, 0.29) is 0 Å². The van der Waals surface area contributed by atoms with Gasteiger partial charge in [0.25, 0.3) is 0 Å². The Balaban J connectivity index is 1.18. The standard InChI is InChI=1S/C43H27NO2/c1-25-9-6-14-30-33-23-26(28-12-7-17-39-42(28)31-10-2-4-15-37(31)45-39)19-21-35(33)44-36-22-20-27(24-34(36)41(25)30)29-13-8-18-40-43(29)32-11-3-5-16-38(32)46-40/h2-24,44H,1H3. The summed E-state index contributed by atoms with van der Waals surface area (Å²) in [6, 6.07) is 49.5. The SMILES string of the molecule is Cc1cccc2c1-c1cc(-c3cccc4oc5ccccc5c34)ccc1Nc1ccc(-c3cccc4oc5ccccc5c34)cc1-2. The van der Waals surface area contributed by atoms with Gasteiger partial charge in [0.2, 0.25) is 0 Å². The van der Waals surface area contributed by atoms with Gasteiger partial charge in [0.1, 0.15) is 22.3 Å². The molecule has 0 amide bonds. The van der Waals surface area contributed by atoms with Crippen molar-refractivity contribution in [1.82, 2.24) is 0 Å². The summed E-state index contributed by atoms with van der Waals surface area (Å²) in [5.41, 5.74) is 16.6. The van der Waals surface area contributed by atoms with Crippen molar-refractivity contribution >= 4 is 55.3 Å². The van der Waals surface area contributed by atoms with E-state index >= 15 is 0 Å². The summed E-state index contributed by atoms with van der Waals surface area (Å²) in [4.78, 5) is 0. The summed E-state index contributed by atoms with van der Waals surface area (Å²) in [5.74, 6) is 0. The van der Waals surface area contributed by atoms with E-state index in [4.69, 9.17) is 8.83 Å². The molecule has 0 unspecified atom stereocenters. The van der Waals surface area contributed by atoms with E-state index in [2.05, 4.69) is 128 Å². The van der Waals surface area contributed by atoms with Crippen molar-refractivity contribution in [3.63, 3.8) is 0 Å². The molecule has 0 radical (unpaired) electrons. The third-order valence-electron chi connectivity index (χ3n) is 9.57. The molecule has 216 valence electrons. The molecule has 3 heterocycles. The third-order valence-corrected chi connectivity index (χ3v) is 9.57. The second-order valence-corrected chi connectivity index (χ2v) is 12.2. The maximum absolute atomic E-state index is 6.24. The normalized spacial score (nSPS) is 12.2. The highest BCUT2D eigenvalue weighted by atomic mass is 16.3. The molecule has 0 aliphatic carbocycles. The molecule has 0 saturated carbocycles. The summed E-state index contributed by atoms with van der Waals surface area (Å²) in [6.07, 6.45) is 0. The maximum atomic E-state index is 6.24. The number of benzene rings is 7. The number of aryl methyl sites for hydroxylation is 1. The van der Waals surface area contributed by atoms with E-state index in [9.17, 15) is 0 Å². The highest BCUT2D eigenvalue weighted by Crippen LogP contribution is 2.49. The second-order valence-electron chi connectivity index (χ2n) is 12.2. The number of hydrogen-bond acceptors (Lipinski definition) is 3. The topological polar surface area (TPSA) is 38.3 Å². The molecule has 1 aliphatic rings. The molecule has 0 atom stereocenters. The first-order chi connectivity index (χ1) is 22.7. The van der Waals surface area contributed by atoms with Crippen LogP contribution in [0.1, 0.15) is 5.56 Å². The maximum Gasteiger partial charge on any atom is 0.136 e. The number of rotatable bonds is 2. The lowest BCUT2D eigenvalue weighted by atomic mass is 9.88. The van der Waals surface area contributed by atoms with Crippen molar-refractivity contribution < 1.29 is 8.83 Å². The minimum absolute atomic E-state index is 0.906. The van der Waals surface area contributed by atoms with Gasteiger partial charge in [-0.3, -0.25) is 0 Å². The van der Waals surface area contributed by atoms with E-state index in [1.165, 1.54) is 38.9 Å². The van der Waals surface area contributed by atoms with Crippen LogP contribution in [0.4, 0.5) is 11.4 Å². The average molecular weight is 590 g/mol. The van der Waals surface area contributed by atoms with Crippen molar-refractivity contribution in [3.05, 3.63) is 145 Å². The minimum Gasteiger partial charge on any atom is -0.456 e. The number of hydrogen-bond donors (Lipinski definition) is 1. The first-order valence-corrected chi connectivity index (χ1v) is 15.7. The number of anilines is 2. The van der Waals surface area contributed by atoms with Crippen molar-refractivity contribution in [3.8, 4) is 44.5 Å². The highest BCUT2D eigenvalue weighted by Gasteiger charge is 2.23. The first-order valence-electron chi connectivity index (χ1n) is 15.7. The summed E-state index contributed by atoms with van der Waals surface area (Å²) in [6.45, 7) is 2.22. The lowest BCUT2D eigenvalue weighted by molar-refractivity contribution is 0.668. The lowest BCUT2D eigenvalue weighted by Gasteiger charge is -2.15. The lowest BCUT2D eigenvalue weighted by Crippen LogP contribution is -1.93. The van der Waals surface area contributed by atoms with Gasteiger partial charge in [-0.05, 0) is 94.4 Å². The van der Waals surface area contributed by atoms with Crippen molar-refractivity contribution in [2.45, 2.75) is 6.92 Å². The summed E-state index contributed by atoms with van der Waals surface area (Å²) in [7, 11) is 0. The van der Waals surface area contributed by atoms with Crippen molar-refractivity contribution in [2.24, 2.45) is 0 Å². The van der Waals surface area contributed by atoms with Crippen LogP contribution >= 0.6 is 0 Å². The fourth-order valence-electron chi connectivity index (χ4n) is 7.50. The van der Waals surface area contributed by atoms with Gasteiger partial charge in [0.05, 0.1) is 0 Å². The Bertz CT molecular complexity index is 2690. The van der Waals surface area contributed by atoms with Crippen molar-refractivity contribution in [2.75, 3.05) is 5.32 Å². The predicted molar refractivity (Wildman–Crippen MR) is 191 cm³/mol. The van der Waals surface area contributed by atoms with E-state index < -0.39 is 0 Å².